The highest BCUT2D eigenvalue weighted by atomic mass is 16.5. The number of aromatic nitrogens is 1. The molecule has 0 radical (unpaired) electrons. The lowest BCUT2D eigenvalue weighted by molar-refractivity contribution is -0.123. The van der Waals surface area contributed by atoms with Gasteiger partial charge in [0.1, 0.15) is 5.82 Å². The van der Waals surface area contributed by atoms with Crippen LogP contribution in [0.15, 0.2) is 49.2 Å². The van der Waals surface area contributed by atoms with Crippen molar-refractivity contribution in [1.29, 1.82) is 0 Å². The molecule has 6 nitrogen and oxygen atoms in total. The van der Waals surface area contributed by atoms with E-state index in [2.05, 4.69) is 33.9 Å². The molecule has 1 aromatic heterocycles. The zero-order chi connectivity index (χ0) is 19.5. The van der Waals surface area contributed by atoms with Crippen LogP contribution in [0.1, 0.15) is 41.9 Å². The molecule has 1 aliphatic carbocycles. The first-order valence-corrected chi connectivity index (χ1v) is 9.84. The average molecular weight is 378 g/mol. The number of benzene rings is 1. The summed E-state index contributed by atoms with van der Waals surface area (Å²) in [5.74, 6) is 1.07. The molecule has 1 atom stereocenters. The second-order valence-electron chi connectivity index (χ2n) is 7.56. The third-order valence-corrected chi connectivity index (χ3v) is 5.85. The van der Waals surface area contributed by atoms with E-state index in [0.717, 1.165) is 50.2 Å². The zero-order valence-corrected chi connectivity index (χ0v) is 15.9. The zero-order valence-electron chi connectivity index (χ0n) is 15.9. The second-order valence-corrected chi connectivity index (χ2v) is 7.56. The van der Waals surface area contributed by atoms with Gasteiger partial charge in [-0.05, 0) is 48.9 Å². The van der Waals surface area contributed by atoms with E-state index in [1.54, 1.807) is 6.20 Å². The molecule has 6 heteroatoms. The van der Waals surface area contributed by atoms with Gasteiger partial charge < -0.3 is 10.2 Å². The maximum atomic E-state index is 12.8. The molecular weight excluding hydrogens is 352 g/mol. The summed E-state index contributed by atoms with van der Waals surface area (Å²) >= 11 is 0. The van der Waals surface area contributed by atoms with Gasteiger partial charge in [0.15, 0.2) is 0 Å². The van der Waals surface area contributed by atoms with Crippen molar-refractivity contribution in [2.75, 3.05) is 18.0 Å². The summed E-state index contributed by atoms with van der Waals surface area (Å²) in [5.41, 5.74) is 5.73. The van der Waals surface area contributed by atoms with Crippen LogP contribution in [0.4, 0.5) is 5.82 Å². The van der Waals surface area contributed by atoms with E-state index in [0.29, 0.717) is 5.70 Å². The van der Waals surface area contributed by atoms with Crippen molar-refractivity contribution in [2.24, 2.45) is 0 Å². The molecule has 1 unspecified atom stereocenters. The van der Waals surface area contributed by atoms with Gasteiger partial charge in [0.2, 0.25) is 5.91 Å². The molecule has 3 N–H and O–H groups in total. The van der Waals surface area contributed by atoms with E-state index >= 15 is 0 Å². The van der Waals surface area contributed by atoms with E-state index in [4.69, 9.17) is 5.21 Å². The minimum atomic E-state index is -0.00308. The third-order valence-electron chi connectivity index (χ3n) is 5.85. The van der Waals surface area contributed by atoms with Crippen molar-refractivity contribution >= 4 is 17.4 Å². The van der Waals surface area contributed by atoms with Gasteiger partial charge in [-0.3, -0.25) is 15.5 Å². The van der Waals surface area contributed by atoms with Crippen molar-refractivity contribution < 1.29 is 10.0 Å². The normalized spacial score (nSPS) is 19.2. The number of anilines is 1. The fourth-order valence-electron chi connectivity index (χ4n) is 4.20. The molecule has 0 spiro atoms. The van der Waals surface area contributed by atoms with Gasteiger partial charge in [-0.15, -0.1) is 0 Å². The summed E-state index contributed by atoms with van der Waals surface area (Å²) in [6.07, 6.45) is 5.43. The van der Waals surface area contributed by atoms with Gasteiger partial charge >= 0.3 is 0 Å². The van der Waals surface area contributed by atoms with Crippen LogP contribution in [-0.2, 0) is 11.2 Å². The lowest BCUT2D eigenvalue weighted by Gasteiger charge is -2.33. The summed E-state index contributed by atoms with van der Waals surface area (Å²) in [4.78, 5) is 19.5. The number of fused-ring (bicyclic) bond motifs is 1. The Morgan fingerprint density at radius 2 is 1.93 bits per heavy atom. The monoisotopic (exact) mass is 378 g/mol. The Bertz CT molecular complexity index is 857. The molecule has 4 rings (SSSR count). The van der Waals surface area contributed by atoms with Gasteiger partial charge in [0, 0.05) is 30.9 Å². The molecule has 1 aromatic carbocycles. The predicted octanol–water partition coefficient (Wildman–Crippen LogP) is 2.85. The number of hydrogen-bond acceptors (Lipinski definition) is 5. The number of piperidine rings is 1. The first-order valence-electron chi connectivity index (χ1n) is 9.84. The number of aryl methyl sites for hydroxylation is 1. The Morgan fingerprint density at radius 3 is 2.64 bits per heavy atom. The SMILES string of the molecule is C=C(NO)c1ccc(N2CCC(NC(=O)C3CCc4ccccc43)CC2)nc1. The van der Waals surface area contributed by atoms with Gasteiger partial charge in [0.05, 0.1) is 11.6 Å². The summed E-state index contributed by atoms with van der Waals surface area (Å²) < 4.78 is 0. The molecule has 0 saturated carbocycles. The molecule has 1 saturated heterocycles. The predicted molar refractivity (Wildman–Crippen MR) is 109 cm³/mol. The molecular formula is C22H26N4O2. The molecule has 1 amide bonds. The smallest absolute Gasteiger partial charge is 0.227 e. The molecule has 2 aromatic rings. The second kappa shape index (κ2) is 8.02. The maximum absolute atomic E-state index is 12.8. The van der Waals surface area contributed by atoms with Gasteiger partial charge in [-0.25, -0.2) is 4.98 Å². The molecule has 28 heavy (non-hydrogen) atoms. The van der Waals surface area contributed by atoms with Crippen LogP contribution in [0, 0.1) is 0 Å². The van der Waals surface area contributed by atoms with Crippen LogP contribution < -0.4 is 15.7 Å². The Morgan fingerprint density at radius 1 is 1.14 bits per heavy atom. The number of amides is 1. The Kier molecular flexibility index (Phi) is 5.30. The van der Waals surface area contributed by atoms with E-state index in [1.165, 1.54) is 11.1 Å². The summed E-state index contributed by atoms with van der Waals surface area (Å²) in [7, 11) is 0. The van der Waals surface area contributed by atoms with Crippen molar-refractivity contribution in [3.63, 3.8) is 0 Å². The number of carbonyl (C=O) groups is 1. The fourth-order valence-corrected chi connectivity index (χ4v) is 4.20. The van der Waals surface area contributed by atoms with Crippen LogP contribution in [0.3, 0.4) is 0 Å². The van der Waals surface area contributed by atoms with E-state index in [1.807, 2.05) is 29.7 Å². The largest absolute Gasteiger partial charge is 0.356 e. The Hall–Kier alpha value is -2.86. The van der Waals surface area contributed by atoms with E-state index in [9.17, 15) is 4.79 Å². The number of hydrogen-bond donors (Lipinski definition) is 3. The molecule has 1 aliphatic heterocycles. The van der Waals surface area contributed by atoms with Gasteiger partial charge in [-0.1, -0.05) is 30.8 Å². The standard InChI is InChI=1S/C22H26N4O2/c1-15(25-28)17-7-9-21(23-14-17)26-12-10-18(11-13-26)24-22(27)20-8-6-16-4-2-3-5-19(16)20/h2-5,7,9,14,18,20,25,28H,1,6,8,10-13H2,(H,24,27). The molecule has 146 valence electrons. The van der Waals surface area contributed by atoms with Crippen molar-refractivity contribution in [2.45, 2.75) is 37.6 Å². The first-order chi connectivity index (χ1) is 13.7. The fraction of sp³-hybridized carbons (Fsp3) is 0.364. The van der Waals surface area contributed by atoms with Crippen molar-refractivity contribution in [3.8, 4) is 0 Å². The number of pyridine rings is 1. The molecule has 0 bridgehead atoms. The Balaban J connectivity index is 1.31. The van der Waals surface area contributed by atoms with Crippen LogP contribution in [0.2, 0.25) is 0 Å². The molecule has 2 aliphatic rings. The number of nitrogens with one attached hydrogen (secondary N) is 2. The van der Waals surface area contributed by atoms with Crippen molar-refractivity contribution in [1.82, 2.24) is 15.8 Å². The number of nitrogens with zero attached hydrogens (tertiary/aromatic N) is 2. The lowest BCUT2D eigenvalue weighted by Crippen LogP contribution is -2.46. The first kappa shape index (κ1) is 18.5. The van der Waals surface area contributed by atoms with Crippen LogP contribution in [-0.4, -0.2) is 35.2 Å². The topological polar surface area (TPSA) is 77.5 Å². The minimum Gasteiger partial charge on any atom is -0.356 e. The van der Waals surface area contributed by atoms with Gasteiger partial charge in [-0.2, -0.15) is 0 Å². The third kappa shape index (κ3) is 3.73. The maximum Gasteiger partial charge on any atom is 0.227 e. The van der Waals surface area contributed by atoms with Crippen molar-refractivity contribution in [3.05, 3.63) is 65.9 Å². The molecule has 1 fully saturated rings. The Labute approximate surface area is 165 Å². The van der Waals surface area contributed by atoms with Crippen LogP contribution >= 0.6 is 0 Å². The highest BCUT2D eigenvalue weighted by Gasteiger charge is 2.30. The molecule has 2 heterocycles. The number of rotatable bonds is 5. The highest BCUT2D eigenvalue weighted by Crippen LogP contribution is 2.33. The van der Waals surface area contributed by atoms with E-state index < -0.39 is 0 Å². The van der Waals surface area contributed by atoms with Crippen LogP contribution in [0.25, 0.3) is 5.70 Å². The summed E-state index contributed by atoms with van der Waals surface area (Å²) in [6.45, 7) is 5.43. The average Bonchev–Trinajstić information content (AvgIpc) is 3.18. The number of hydroxylamine groups is 1. The summed E-state index contributed by atoms with van der Waals surface area (Å²) in [6, 6.07) is 12.3. The van der Waals surface area contributed by atoms with Crippen LogP contribution in [0.5, 0.6) is 0 Å². The lowest BCUT2D eigenvalue weighted by atomic mass is 9.98. The van der Waals surface area contributed by atoms with E-state index in [-0.39, 0.29) is 17.9 Å². The minimum absolute atomic E-state index is 0.00308. The highest BCUT2D eigenvalue weighted by molar-refractivity contribution is 5.85. The number of carbonyl (C=O) groups excluding carboxylic acids is 1. The summed E-state index contributed by atoms with van der Waals surface area (Å²) in [5, 5.41) is 12.2. The quantitative estimate of drug-likeness (QED) is 0.698. The van der Waals surface area contributed by atoms with Gasteiger partial charge in [0.25, 0.3) is 0 Å².